The van der Waals surface area contributed by atoms with Gasteiger partial charge in [-0.1, -0.05) is 91.0 Å². The lowest BCUT2D eigenvalue weighted by Gasteiger charge is -2.52. The fourth-order valence-electron chi connectivity index (χ4n) is 5.74. The maximum absolute atomic E-state index is 5.71. The van der Waals surface area contributed by atoms with Gasteiger partial charge in [0.15, 0.2) is 0 Å². The van der Waals surface area contributed by atoms with Crippen LogP contribution in [0.1, 0.15) is 12.0 Å². The highest BCUT2D eigenvalue weighted by Crippen LogP contribution is 2.48. The Kier molecular flexibility index (Phi) is 7.78. The lowest BCUT2D eigenvalue weighted by atomic mass is 9.88. The Balaban J connectivity index is 1.64. The van der Waals surface area contributed by atoms with Crippen LogP contribution in [0.5, 0.6) is 11.5 Å². The smallest absolute Gasteiger partial charge is 0.145 e. The van der Waals surface area contributed by atoms with E-state index in [0.29, 0.717) is 6.42 Å². The van der Waals surface area contributed by atoms with Crippen LogP contribution in [0.4, 0.5) is 22.7 Å². The van der Waals surface area contributed by atoms with E-state index in [1.807, 2.05) is 24.3 Å². The molecule has 0 saturated carbocycles. The molecule has 0 aromatic heterocycles. The zero-order valence-corrected chi connectivity index (χ0v) is 23.9. The van der Waals surface area contributed by atoms with Crippen molar-refractivity contribution in [1.29, 1.82) is 0 Å². The van der Waals surface area contributed by atoms with Gasteiger partial charge < -0.3 is 19.3 Å². The van der Waals surface area contributed by atoms with E-state index >= 15 is 0 Å². The number of ether oxygens (including phenoxy) is 2. The molecule has 0 amide bonds. The second-order valence-corrected chi connectivity index (χ2v) is 10.2. The molecule has 0 heterocycles. The molecular weight excluding hydrogens is 516 g/mol. The molecule has 4 nitrogen and oxygen atoms in total. The van der Waals surface area contributed by atoms with Crippen molar-refractivity contribution < 1.29 is 9.47 Å². The monoisotopic (exact) mass is 550 g/mol. The quantitative estimate of drug-likeness (QED) is 0.171. The standard InChI is InChI=1S/C38H34N2O2/c1-41-36-22-12-20-34(28-36)39(32-16-8-4-9-17-32)38(26-24-31(25-27-38)30-14-6-3-7-15-30)40(33-18-10-5-11-19-33)35-21-13-23-37(29-35)42-2/h3-26,28-29H,27H2,1-2H3. The maximum Gasteiger partial charge on any atom is 0.145 e. The number of methoxy groups -OCH3 is 2. The molecule has 0 radical (unpaired) electrons. The van der Waals surface area contributed by atoms with Crippen LogP contribution in [0, 0.1) is 0 Å². The molecule has 0 bridgehead atoms. The van der Waals surface area contributed by atoms with Crippen molar-refractivity contribution in [3.8, 4) is 11.5 Å². The Morgan fingerprint density at radius 3 is 1.40 bits per heavy atom. The highest BCUT2D eigenvalue weighted by atomic mass is 16.5. The predicted octanol–water partition coefficient (Wildman–Crippen LogP) is 9.42. The van der Waals surface area contributed by atoms with Gasteiger partial charge in [-0.15, -0.1) is 0 Å². The first-order valence-electron chi connectivity index (χ1n) is 14.2. The van der Waals surface area contributed by atoms with Crippen LogP contribution in [0.3, 0.4) is 0 Å². The first-order chi connectivity index (χ1) is 20.7. The number of hydrogen-bond acceptors (Lipinski definition) is 4. The molecule has 4 heteroatoms. The van der Waals surface area contributed by atoms with Gasteiger partial charge in [-0.2, -0.15) is 0 Å². The van der Waals surface area contributed by atoms with Gasteiger partial charge in [0.2, 0.25) is 0 Å². The lowest BCUT2D eigenvalue weighted by molar-refractivity contribution is 0.414. The van der Waals surface area contributed by atoms with Crippen LogP contribution in [0.2, 0.25) is 0 Å². The Labute approximate surface area is 248 Å². The number of anilines is 4. The minimum atomic E-state index is -0.681. The molecule has 6 rings (SSSR count). The van der Waals surface area contributed by atoms with Gasteiger partial charge in [0, 0.05) is 41.3 Å². The summed E-state index contributed by atoms with van der Waals surface area (Å²) in [7, 11) is 3.42. The van der Waals surface area contributed by atoms with Gasteiger partial charge in [0.25, 0.3) is 0 Å². The summed E-state index contributed by atoms with van der Waals surface area (Å²) in [6.07, 6.45) is 7.65. The average Bonchev–Trinajstić information content (AvgIpc) is 3.07. The molecule has 42 heavy (non-hydrogen) atoms. The first-order valence-corrected chi connectivity index (χ1v) is 14.2. The summed E-state index contributed by atoms with van der Waals surface area (Å²) in [5.74, 6) is 1.60. The summed E-state index contributed by atoms with van der Waals surface area (Å²) in [5.41, 5.74) is 5.88. The second kappa shape index (κ2) is 12.1. The second-order valence-electron chi connectivity index (χ2n) is 10.2. The van der Waals surface area contributed by atoms with Gasteiger partial charge in [0.05, 0.1) is 14.2 Å². The molecule has 0 N–H and O–H groups in total. The van der Waals surface area contributed by atoms with Crippen molar-refractivity contribution in [1.82, 2.24) is 0 Å². The van der Waals surface area contributed by atoms with Crippen molar-refractivity contribution in [3.63, 3.8) is 0 Å². The van der Waals surface area contributed by atoms with E-state index in [0.717, 1.165) is 34.2 Å². The SMILES string of the molecule is COc1cccc(N(c2ccccc2)C2(N(c3ccccc3)c3cccc(OC)c3)C=CC(c3ccccc3)=CC2)c1. The minimum absolute atomic E-state index is 0.681. The summed E-state index contributed by atoms with van der Waals surface area (Å²) >= 11 is 0. The predicted molar refractivity (Wildman–Crippen MR) is 174 cm³/mol. The zero-order chi connectivity index (χ0) is 28.8. The summed E-state index contributed by atoms with van der Waals surface area (Å²) < 4.78 is 11.4. The highest BCUT2D eigenvalue weighted by molar-refractivity contribution is 5.82. The number of allylic oxidation sites excluding steroid dienone is 2. The molecule has 1 aliphatic rings. The van der Waals surface area contributed by atoms with Crippen LogP contribution in [-0.4, -0.2) is 19.9 Å². The summed E-state index contributed by atoms with van der Waals surface area (Å²) in [5, 5.41) is 0. The number of hydrogen-bond donors (Lipinski definition) is 0. The molecule has 5 aromatic rings. The van der Waals surface area contributed by atoms with E-state index in [9.17, 15) is 0 Å². The Morgan fingerprint density at radius 1 is 0.524 bits per heavy atom. The van der Waals surface area contributed by atoms with E-state index in [4.69, 9.17) is 9.47 Å². The normalized spacial score (nSPS) is 13.6. The van der Waals surface area contributed by atoms with Crippen molar-refractivity contribution in [2.75, 3.05) is 24.0 Å². The number of para-hydroxylation sites is 2. The van der Waals surface area contributed by atoms with Crippen LogP contribution in [0.15, 0.2) is 158 Å². The van der Waals surface area contributed by atoms with Gasteiger partial charge in [-0.3, -0.25) is 0 Å². The molecule has 0 fully saturated rings. The van der Waals surface area contributed by atoms with Gasteiger partial charge in [0.1, 0.15) is 17.2 Å². The Morgan fingerprint density at radius 2 is 0.976 bits per heavy atom. The van der Waals surface area contributed by atoms with Crippen molar-refractivity contribution in [2.45, 2.75) is 12.1 Å². The van der Waals surface area contributed by atoms with Crippen LogP contribution < -0.4 is 19.3 Å². The largest absolute Gasteiger partial charge is 0.497 e. The molecule has 0 unspecified atom stereocenters. The van der Waals surface area contributed by atoms with E-state index in [1.54, 1.807) is 14.2 Å². The van der Waals surface area contributed by atoms with Crippen molar-refractivity contribution in [2.24, 2.45) is 0 Å². The molecule has 208 valence electrons. The van der Waals surface area contributed by atoms with Crippen molar-refractivity contribution >= 4 is 28.3 Å². The molecular formula is C38H34N2O2. The molecule has 0 saturated heterocycles. The van der Waals surface area contributed by atoms with E-state index in [1.165, 1.54) is 11.1 Å². The summed E-state index contributed by atoms with van der Waals surface area (Å²) in [4.78, 5) is 4.83. The Bertz CT molecular complexity index is 1590. The van der Waals surface area contributed by atoms with Crippen LogP contribution >= 0.6 is 0 Å². The fraction of sp³-hybridized carbons (Fsp3) is 0.105. The topological polar surface area (TPSA) is 24.9 Å². The maximum atomic E-state index is 5.71. The number of rotatable bonds is 9. The van der Waals surface area contributed by atoms with E-state index in [-0.39, 0.29) is 0 Å². The number of nitrogens with zero attached hydrogens (tertiary/aromatic N) is 2. The summed E-state index contributed by atoms with van der Waals surface area (Å²) in [6.45, 7) is 0. The molecule has 5 aromatic carbocycles. The third-order valence-electron chi connectivity index (χ3n) is 7.69. The average molecular weight is 551 g/mol. The molecule has 0 atom stereocenters. The van der Waals surface area contributed by atoms with E-state index in [2.05, 4.69) is 143 Å². The third-order valence-corrected chi connectivity index (χ3v) is 7.69. The fourth-order valence-corrected chi connectivity index (χ4v) is 5.74. The summed E-state index contributed by atoms with van der Waals surface area (Å²) in [6, 6.07) is 48.3. The lowest BCUT2D eigenvalue weighted by Crippen LogP contribution is -2.57. The Hall–Kier alpha value is -5.22. The number of benzene rings is 5. The molecule has 0 spiro atoms. The third kappa shape index (κ3) is 5.27. The molecule has 1 aliphatic carbocycles. The zero-order valence-electron chi connectivity index (χ0n) is 23.9. The first kappa shape index (κ1) is 27.0. The van der Waals surface area contributed by atoms with Gasteiger partial charge >= 0.3 is 0 Å². The van der Waals surface area contributed by atoms with Gasteiger partial charge in [-0.25, -0.2) is 0 Å². The minimum Gasteiger partial charge on any atom is -0.497 e. The van der Waals surface area contributed by atoms with Crippen LogP contribution in [0.25, 0.3) is 5.57 Å². The van der Waals surface area contributed by atoms with Crippen molar-refractivity contribution in [3.05, 3.63) is 163 Å². The van der Waals surface area contributed by atoms with E-state index < -0.39 is 5.66 Å². The van der Waals surface area contributed by atoms with Crippen LogP contribution in [-0.2, 0) is 0 Å². The highest BCUT2D eigenvalue weighted by Gasteiger charge is 2.43. The molecule has 0 aliphatic heterocycles. The van der Waals surface area contributed by atoms with Gasteiger partial charge in [-0.05, 0) is 65.7 Å².